The van der Waals surface area contributed by atoms with E-state index in [0.29, 0.717) is 18.9 Å². The third-order valence-electron chi connectivity index (χ3n) is 3.10. The van der Waals surface area contributed by atoms with Crippen LogP contribution in [0.15, 0.2) is 18.2 Å². The molecule has 2 atom stereocenters. The van der Waals surface area contributed by atoms with Gasteiger partial charge in [0.2, 0.25) is 5.91 Å². The zero-order valence-electron chi connectivity index (χ0n) is 10.6. The highest BCUT2D eigenvalue weighted by atomic mass is 35.5. The van der Waals surface area contributed by atoms with E-state index in [0.717, 1.165) is 6.54 Å². The first-order valence-corrected chi connectivity index (χ1v) is 6.60. The van der Waals surface area contributed by atoms with Crippen molar-refractivity contribution in [2.24, 2.45) is 5.92 Å². The summed E-state index contributed by atoms with van der Waals surface area (Å²) in [4.78, 5) is 12.2. The molecule has 1 amide bonds. The number of anilines is 1. The molecule has 5 nitrogen and oxygen atoms in total. The number of rotatable bonds is 4. The van der Waals surface area contributed by atoms with Gasteiger partial charge in [0, 0.05) is 11.7 Å². The van der Waals surface area contributed by atoms with E-state index in [4.69, 9.17) is 16.3 Å². The lowest BCUT2D eigenvalue weighted by molar-refractivity contribution is -0.120. The third-order valence-corrected chi connectivity index (χ3v) is 3.40. The number of benzene rings is 1. The van der Waals surface area contributed by atoms with Crippen LogP contribution in [0.25, 0.3) is 0 Å². The predicted molar refractivity (Wildman–Crippen MR) is 73.5 cm³/mol. The number of hydrogen-bond donors (Lipinski definition) is 3. The molecule has 1 aliphatic rings. The number of carbonyl (C=O) groups is 1. The fourth-order valence-electron chi connectivity index (χ4n) is 2.10. The summed E-state index contributed by atoms with van der Waals surface area (Å²) in [7, 11) is 0. The standard InChI is InChI=1S/C13H17ClN2O3/c1-2-15-11-7-19-6-9(11)13(18)16-8-3-4-12(17)10(14)5-8/h3-5,9,11,15,17H,2,6-7H2,1H3,(H,16,18). The summed E-state index contributed by atoms with van der Waals surface area (Å²) >= 11 is 5.80. The van der Waals surface area contributed by atoms with Crippen LogP contribution in [0.1, 0.15) is 6.92 Å². The fourth-order valence-corrected chi connectivity index (χ4v) is 2.28. The summed E-state index contributed by atoms with van der Waals surface area (Å²) in [6.45, 7) is 3.74. The highest BCUT2D eigenvalue weighted by Gasteiger charge is 2.33. The Hall–Kier alpha value is -1.30. The second-order valence-electron chi connectivity index (χ2n) is 4.46. The van der Waals surface area contributed by atoms with Crippen molar-refractivity contribution >= 4 is 23.2 Å². The number of carbonyl (C=O) groups excluding carboxylic acids is 1. The molecule has 0 bridgehead atoms. The maximum Gasteiger partial charge on any atom is 0.231 e. The lowest BCUT2D eigenvalue weighted by atomic mass is 10.0. The minimum Gasteiger partial charge on any atom is -0.506 e. The Balaban J connectivity index is 2.02. The molecule has 1 aliphatic heterocycles. The largest absolute Gasteiger partial charge is 0.506 e. The van der Waals surface area contributed by atoms with Crippen molar-refractivity contribution in [3.63, 3.8) is 0 Å². The molecule has 1 saturated heterocycles. The summed E-state index contributed by atoms with van der Waals surface area (Å²) in [5.74, 6) is -0.327. The molecule has 0 aliphatic carbocycles. The number of phenolic OH excluding ortho intramolecular Hbond substituents is 1. The highest BCUT2D eigenvalue weighted by molar-refractivity contribution is 6.32. The smallest absolute Gasteiger partial charge is 0.231 e. The number of ether oxygens (including phenoxy) is 1. The lowest BCUT2D eigenvalue weighted by Gasteiger charge is -2.17. The Morgan fingerprint density at radius 3 is 3.00 bits per heavy atom. The van der Waals surface area contributed by atoms with Crippen molar-refractivity contribution in [2.75, 3.05) is 25.1 Å². The van der Waals surface area contributed by atoms with Crippen LogP contribution in [-0.2, 0) is 9.53 Å². The highest BCUT2D eigenvalue weighted by Crippen LogP contribution is 2.26. The first kappa shape index (κ1) is 14.1. The molecular weight excluding hydrogens is 268 g/mol. The zero-order chi connectivity index (χ0) is 13.8. The summed E-state index contributed by atoms with van der Waals surface area (Å²) in [6, 6.07) is 4.62. The van der Waals surface area contributed by atoms with Gasteiger partial charge >= 0.3 is 0 Å². The molecule has 3 N–H and O–H groups in total. The molecule has 104 valence electrons. The number of halogens is 1. The molecule has 2 rings (SSSR count). The van der Waals surface area contributed by atoms with Gasteiger partial charge in [0.1, 0.15) is 5.75 Å². The second-order valence-corrected chi connectivity index (χ2v) is 4.87. The van der Waals surface area contributed by atoms with Crippen molar-refractivity contribution in [1.82, 2.24) is 5.32 Å². The fraction of sp³-hybridized carbons (Fsp3) is 0.462. The van der Waals surface area contributed by atoms with Gasteiger partial charge in [0.25, 0.3) is 0 Å². The van der Waals surface area contributed by atoms with E-state index in [9.17, 15) is 9.90 Å². The van der Waals surface area contributed by atoms with E-state index in [-0.39, 0.29) is 28.6 Å². The van der Waals surface area contributed by atoms with E-state index < -0.39 is 0 Å². The lowest BCUT2D eigenvalue weighted by Crippen LogP contribution is -2.41. The summed E-state index contributed by atoms with van der Waals surface area (Å²) in [6.07, 6.45) is 0. The average Bonchev–Trinajstić information content (AvgIpc) is 2.83. The number of likely N-dealkylation sites (N-methyl/N-ethyl adjacent to an activating group) is 1. The van der Waals surface area contributed by atoms with Gasteiger partial charge in [-0.05, 0) is 24.7 Å². The molecule has 0 aromatic heterocycles. The molecule has 6 heteroatoms. The van der Waals surface area contributed by atoms with Crippen LogP contribution in [-0.4, -0.2) is 36.8 Å². The van der Waals surface area contributed by atoms with Gasteiger partial charge in [0.15, 0.2) is 0 Å². The molecule has 1 aromatic carbocycles. The number of aromatic hydroxyl groups is 1. The maximum absolute atomic E-state index is 12.2. The van der Waals surface area contributed by atoms with Crippen LogP contribution in [0.5, 0.6) is 5.75 Å². The van der Waals surface area contributed by atoms with Crippen LogP contribution < -0.4 is 10.6 Å². The molecule has 1 fully saturated rings. The van der Waals surface area contributed by atoms with Crippen molar-refractivity contribution in [3.05, 3.63) is 23.2 Å². The van der Waals surface area contributed by atoms with Gasteiger partial charge in [-0.2, -0.15) is 0 Å². The molecule has 2 unspecified atom stereocenters. The van der Waals surface area contributed by atoms with Crippen LogP contribution in [0.2, 0.25) is 5.02 Å². The summed E-state index contributed by atoms with van der Waals surface area (Å²) < 4.78 is 5.33. The molecule has 0 spiro atoms. The Bertz CT molecular complexity index is 467. The molecule has 0 radical (unpaired) electrons. The van der Waals surface area contributed by atoms with Crippen molar-refractivity contribution in [3.8, 4) is 5.75 Å². The van der Waals surface area contributed by atoms with Crippen molar-refractivity contribution < 1.29 is 14.6 Å². The number of phenols is 1. The number of amides is 1. The van der Waals surface area contributed by atoms with Gasteiger partial charge in [-0.25, -0.2) is 0 Å². The van der Waals surface area contributed by atoms with Gasteiger partial charge in [-0.3, -0.25) is 4.79 Å². The van der Waals surface area contributed by atoms with Crippen molar-refractivity contribution in [1.29, 1.82) is 0 Å². The number of hydrogen-bond acceptors (Lipinski definition) is 4. The van der Waals surface area contributed by atoms with Gasteiger partial charge in [-0.1, -0.05) is 18.5 Å². The number of nitrogens with one attached hydrogen (secondary N) is 2. The Morgan fingerprint density at radius 1 is 1.53 bits per heavy atom. The van der Waals surface area contributed by atoms with Gasteiger partial charge in [-0.15, -0.1) is 0 Å². The van der Waals surface area contributed by atoms with Crippen LogP contribution in [0.4, 0.5) is 5.69 Å². The average molecular weight is 285 g/mol. The first-order valence-electron chi connectivity index (χ1n) is 6.22. The Kier molecular flexibility index (Phi) is 4.63. The zero-order valence-corrected chi connectivity index (χ0v) is 11.4. The van der Waals surface area contributed by atoms with Crippen LogP contribution in [0.3, 0.4) is 0 Å². The van der Waals surface area contributed by atoms with E-state index in [2.05, 4.69) is 10.6 Å². The molecule has 1 aromatic rings. The normalized spacial score (nSPS) is 22.4. The van der Waals surface area contributed by atoms with E-state index in [1.807, 2.05) is 6.92 Å². The minimum absolute atomic E-state index is 0.00519. The van der Waals surface area contributed by atoms with E-state index in [1.165, 1.54) is 12.1 Å². The van der Waals surface area contributed by atoms with Gasteiger partial charge < -0.3 is 20.5 Å². The summed E-state index contributed by atoms with van der Waals surface area (Å²) in [5.41, 5.74) is 0.565. The van der Waals surface area contributed by atoms with Crippen molar-refractivity contribution in [2.45, 2.75) is 13.0 Å². The Morgan fingerprint density at radius 2 is 2.32 bits per heavy atom. The maximum atomic E-state index is 12.2. The topological polar surface area (TPSA) is 70.6 Å². The molecule has 1 heterocycles. The predicted octanol–water partition coefficient (Wildman–Crippen LogP) is 1.61. The van der Waals surface area contributed by atoms with Crippen LogP contribution >= 0.6 is 11.6 Å². The molecule has 0 saturated carbocycles. The second kappa shape index (κ2) is 6.23. The Labute approximate surface area is 116 Å². The summed E-state index contributed by atoms with van der Waals surface area (Å²) in [5, 5.41) is 15.6. The third kappa shape index (κ3) is 3.37. The van der Waals surface area contributed by atoms with Crippen LogP contribution in [0, 0.1) is 5.92 Å². The molecular formula is C13H17ClN2O3. The SMILES string of the molecule is CCNC1COCC1C(=O)Nc1ccc(O)c(Cl)c1. The molecule has 19 heavy (non-hydrogen) atoms. The first-order chi connectivity index (χ1) is 9.11. The van der Waals surface area contributed by atoms with E-state index in [1.54, 1.807) is 6.07 Å². The quantitative estimate of drug-likeness (QED) is 0.735. The minimum atomic E-state index is -0.215. The van der Waals surface area contributed by atoms with E-state index >= 15 is 0 Å². The monoisotopic (exact) mass is 284 g/mol. The van der Waals surface area contributed by atoms with Gasteiger partial charge in [0.05, 0.1) is 24.2 Å².